The fourth-order valence-electron chi connectivity index (χ4n) is 9.43. The van der Waals surface area contributed by atoms with E-state index >= 15 is 0 Å². The monoisotopic (exact) mass is 790 g/mol. The van der Waals surface area contributed by atoms with Crippen molar-refractivity contribution < 1.29 is 0 Å². The summed E-state index contributed by atoms with van der Waals surface area (Å²) in [6.45, 7) is 0. The van der Waals surface area contributed by atoms with E-state index < -0.39 is 0 Å². The Morgan fingerprint density at radius 1 is 0.306 bits per heavy atom. The molecule has 62 heavy (non-hydrogen) atoms. The lowest BCUT2D eigenvalue weighted by molar-refractivity contribution is 1.18. The molecule has 5 heterocycles. The highest BCUT2D eigenvalue weighted by Crippen LogP contribution is 2.39. The third kappa shape index (κ3) is 5.30. The van der Waals surface area contributed by atoms with Crippen LogP contribution in [0.15, 0.2) is 216 Å². The number of hydrogen-bond acceptors (Lipinski definition) is 4. The number of fused-ring (bicyclic) bond motifs is 10. The summed E-state index contributed by atoms with van der Waals surface area (Å²) in [5.74, 6) is 0. The maximum absolute atomic E-state index is 5.65. The van der Waals surface area contributed by atoms with Crippen molar-refractivity contribution in [1.82, 2.24) is 19.1 Å². The Labute approximate surface area is 356 Å². The number of benzene rings is 8. The van der Waals surface area contributed by atoms with Crippen molar-refractivity contribution in [3.8, 4) is 11.4 Å². The minimum absolute atomic E-state index is 0.716. The van der Waals surface area contributed by atoms with Gasteiger partial charge in [0.25, 0.3) is 0 Å². The molecule has 0 saturated heterocycles. The SMILES string of the molecule is c1ccc(-n2c3ccccc3c3cc(/C4=N/c5cc6ccccc6nc5/C(c5ccc6c(c5)c5ccccc5n6-c5ccccc5)=N\c5cc6ccccc6nc54)ccc32)cc1. The van der Waals surface area contributed by atoms with Crippen LogP contribution >= 0.6 is 0 Å². The van der Waals surface area contributed by atoms with Crippen LogP contribution in [0.1, 0.15) is 22.5 Å². The average Bonchev–Trinajstić information content (AvgIpc) is 3.84. The van der Waals surface area contributed by atoms with Gasteiger partial charge in [0.1, 0.15) is 11.4 Å². The van der Waals surface area contributed by atoms with Gasteiger partial charge in [-0.15, -0.1) is 0 Å². The summed E-state index contributed by atoms with van der Waals surface area (Å²) in [4.78, 5) is 22.1. The van der Waals surface area contributed by atoms with E-state index in [1.807, 2.05) is 12.1 Å². The maximum Gasteiger partial charge on any atom is 0.116 e. The number of rotatable bonds is 4. The molecule has 13 rings (SSSR count). The molecule has 0 bridgehead atoms. The van der Waals surface area contributed by atoms with Gasteiger partial charge in [-0.3, -0.25) is 0 Å². The Morgan fingerprint density at radius 2 is 0.694 bits per heavy atom. The summed E-state index contributed by atoms with van der Waals surface area (Å²) in [7, 11) is 0. The highest BCUT2D eigenvalue weighted by molar-refractivity contribution is 6.25. The molecule has 0 saturated carbocycles. The van der Waals surface area contributed by atoms with E-state index in [-0.39, 0.29) is 0 Å². The second kappa shape index (κ2) is 13.5. The normalized spacial score (nSPS) is 14.4. The number of hydrogen-bond donors (Lipinski definition) is 0. The van der Waals surface area contributed by atoms with Crippen molar-refractivity contribution in [2.45, 2.75) is 0 Å². The van der Waals surface area contributed by atoms with E-state index in [0.717, 1.165) is 99.9 Å². The first-order chi connectivity index (χ1) is 30.7. The lowest BCUT2D eigenvalue weighted by atomic mass is 9.98. The highest BCUT2D eigenvalue weighted by Gasteiger charge is 2.26. The topological polar surface area (TPSA) is 60.4 Å². The molecular weight excluding hydrogens is 757 g/mol. The van der Waals surface area contributed by atoms with Crippen LogP contribution in [-0.4, -0.2) is 30.5 Å². The Morgan fingerprint density at radius 3 is 1.16 bits per heavy atom. The molecule has 1 aliphatic heterocycles. The zero-order valence-corrected chi connectivity index (χ0v) is 33.3. The predicted octanol–water partition coefficient (Wildman–Crippen LogP) is 13.6. The van der Waals surface area contributed by atoms with Gasteiger partial charge in [-0.25, -0.2) is 20.0 Å². The van der Waals surface area contributed by atoms with Crippen molar-refractivity contribution in [3.63, 3.8) is 0 Å². The highest BCUT2D eigenvalue weighted by atomic mass is 15.0. The van der Waals surface area contributed by atoms with Crippen LogP contribution in [0, 0.1) is 0 Å². The zero-order valence-electron chi connectivity index (χ0n) is 33.3. The van der Waals surface area contributed by atoms with Crippen LogP contribution in [0.5, 0.6) is 0 Å². The summed E-state index contributed by atoms with van der Waals surface area (Å²) in [6.07, 6.45) is 0. The third-order valence-electron chi connectivity index (χ3n) is 12.2. The molecule has 288 valence electrons. The first kappa shape index (κ1) is 34.4. The fourth-order valence-corrected chi connectivity index (χ4v) is 9.43. The summed E-state index contributed by atoms with van der Waals surface area (Å²) in [6, 6.07) is 72.5. The van der Waals surface area contributed by atoms with Crippen molar-refractivity contribution in [2.24, 2.45) is 9.98 Å². The minimum Gasteiger partial charge on any atom is -0.309 e. The molecular formula is C56H34N6. The Kier molecular flexibility index (Phi) is 7.50. The van der Waals surface area contributed by atoms with E-state index in [2.05, 4.69) is 203 Å². The molecule has 0 amide bonds. The van der Waals surface area contributed by atoms with Crippen molar-refractivity contribution in [1.29, 1.82) is 0 Å². The summed E-state index contributed by atoms with van der Waals surface area (Å²) in [5.41, 5.74) is 14.8. The summed E-state index contributed by atoms with van der Waals surface area (Å²) >= 11 is 0. The second-order valence-electron chi connectivity index (χ2n) is 15.9. The van der Waals surface area contributed by atoms with Gasteiger partial charge in [0.05, 0.1) is 55.9 Å². The zero-order chi connectivity index (χ0) is 40.7. The van der Waals surface area contributed by atoms with Crippen LogP contribution < -0.4 is 0 Å². The molecule has 0 aliphatic carbocycles. The Balaban J connectivity index is 1.09. The lowest BCUT2D eigenvalue weighted by Gasteiger charge is -2.18. The molecule has 6 nitrogen and oxygen atoms in total. The summed E-state index contributed by atoms with van der Waals surface area (Å²) in [5, 5.41) is 6.62. The predicted molar refractivity (Wildman–Crippen MR) is 256 cm³/mol. The second-order valence-corrected chi connectivity index (χ2v) is 15.9. The number of nitrogens with zero attached hydrogens (tertiary/aromatic N) is 6. The molecule has 0 atom stereocenters. The number of aliphatic imine (C=N–C) groups is 2. The van der Waals surface area contributed by atoms with Gasteiger partial charge in [0, 0.05) is 54.8 Å². The fraction of sp³-hybridized carbons (Fsp3) is 0. The van der Waals surface area contributed by atoms with E-state index in [1.54, 1.807) is 0 Å². The molecule has 8 aromatic carbocycles. The van der Waals surface area contributed by atoms with Gasteiger partial charge < -0.3 is 9.13 Å². The average molecular weight is 791 g/mol. The Hall–Kier alpha value is -8.48. The van der Waals surface area contributed by atoms with Gasteiger partial charge in [0.2, 0.25) is 0 Å². The van der Waals surface area contributed by atoms with Crippen molar-refractivity contribution in [2.75, 3.05) is 0 Å². The summed E-state index contributed by atoms with van der Waals surface area (Å²) < 4.78 is 4.67. The molecule has 1 aliphatic rings. The molecule has 12 aromatic rings. The molecule has 0 spiro atoms. The molecule has 0 radical (unpaired) electrons. The molecule has 6 heteroatoms. The lowest BCUT2D eigenvalue weighted by Crippen LogP contribution is -2.13. The largest absolute Gasteiger partial charge is 0.309 e. The first-order valence-electron chi connectivity index (χ1n) is 20.9. The van der Waals surface area contributed by atoms with Crippen LogP contribution in [0.4, 0.5) is 11.4 Å². The molecule has 0 N–H and O–H groups in total. The minimum atomic E-state index is 0.716. The number of pyridine rings is 2. The standard InChI is InChI=1S/C56H34N6/c1-3-17-39(18-4-1)61-49-25-13-9-21-41(49)43-31-37(27-29-51(43)61)53-55-47(33-35-15-7-11-23-45(35)57-55)60-54(56-48(59-53)34-36-16-8-12-24-46(36)58-56)38-28-30-52-44(32-38)42-22-10-14-26-50(42)62(52)40-19-5-2-6-20-40/h1-34H/b55-53?,56-54?,59-48?,59-53-,60-47?,60-54-. The number of aromatic nitrogens is 4. The third-order valence-corrected chi connectivity index (χ3v) is 12.2. The van der Waals surface area contributed by atoms with E-state index in [1.165, 1.54) is 10.8 Å². The van der Waals surface area contributed by atoms with Crippen LogP contribution in [0.2, 0.25) is 0 Å². The van der Waals surface area contributed by atoms with Crippen molar-refractivity contribution in [3.05, 3.63) is 229 Å². The molecule has 0 fully saturated rings. The van der Waals surface area contributed by atoms with Gasteiger partial charge in [-0.05, 0) is 84.9 Å². The van der Waals surface area contributed by atoms with Crippen LogP contribution in [-0.2, 0) is 0 Å². The van der Waals surface area contributed by atoms with Crippen LogP contribution in [0.25, 0.3) is 76.8 Å². The van der Waals surface area contributed by atoms with Gasteiger partial charge >= 0.3 is 0 Å². The van der Waals surface area contributed by atoms with Crippen LogP contribution in [0.3, 0.4) is 0 Å². The first-order valence-corrected chi connectivity index (χ1v) is 20.9. The Bertz CT molecular complexity index is 3600. The van der Waals surface area contributed by atoms with Crippen molar-refractivity contribution >= 4 is 88.2 Å². The van der Waals surface area contributed by atoms with E-state index in [0.29, 0.717) is 11.4 Å². The van der Waals surface area contributed by atoms with Gasteiger partial charge in [0.15, 0.2) is 0 Å². The number of para-hydroxylation sites is 6. The van der Waals surface area contributed by atoms with Gasteiger partial charge in [-0.1, -0.05) is 121 Å². The van der Waals surface area contributed by atoms with Gasteiger partial charge in [-0.2, -0.15) is 0 Å². The molecule has 0 unspecified atom stereocenters. The van der Waals surface area contributed by atoms with E-state index in [9.17, 15) is 0 Å². The quantitative estimate of drug-likeness (QED) is 0.178. The van der Waals surface area contributed by atoms with E-state index in [4.69, 9.17) is 20.0 Å². The molecule has 4 aromatic heterocycles. The smallest absolute Gasteiger partial charge is 0.116 e. The maximum atomic E-state index is 5.65.